The van der Waals surface area contributed by atoms with Crippen LogP contribution in [0, 0.1) is 0 Å². The SMILES string of the molecule is CCCCCCCCCCC(=O)N1CCNC(C)C1. The first kappa shape index (κ1) is 16.5. The molecular weight excluding hydrogens is 236 g/mol. The summed E-state index contributed by atoms with van der Waals surface area (Å²) in [5, 5.41) is 3.37. The van der Waals surface area contributed by atoms with E-state index in [4.69, 9.17) is 0 Å². The second-order valence-electron chi connectivity index (χ2n) is 5.92. The van der Waals surface area contributed by atoms with Crippen molar-refractivity contribution in [2.75, 3.05) is 19.6 Å². The average Bonchev–Trinajstić information content (AvgIpc) is 2.41. The number of hydrogen-bond donors (Lipinski definition) is 1. The molecule has 1 aliphatic heterocycles. The molecule has 0 bridgehead atoms. The molecule has 1 fully saturated rings. The molecule has 0 aliphatic carbocycles. The molecular formula is C16H32N2O. The van der Waals surface area contributed by atoms with Crippen LogP contribution < -0.4 is 5.32 Å². The minimum Gasteiger partial charge on any atom is -0.340 e. The zero-order valence-corrected chi connectivity index (χ0v) is 12.9. The summed E-state index contributed by atoms with van der Waals surface area (Å²) in [7, 11) is 0. The number of amides is 1. The molecule has 3 heteroatoms. The predicted octanol–water partition coefficient (Wildman–Crippen LogP) is 3.34. The minimum atomic E-state index is 0.360. The van der Waals surface area contributed by atoms with Gasteiger partial charge in [-0.25, -0.2) is 0 Å². The Labute approximate surface area is 119 Å². The summed E-state index contributed by atoms with van der Waals surface area (Å²) in [5.74, 6) is 0.360. The zero-order chi connectivity index (χ0) is 13.9. The van der Waals surface area contributed by atoms with E-state index in [1.165, 1.54) is 44.9 Å². The van der Waals surface area contributed by atoms with Gasteiger partial charge in [0.15, 0.2) is 0 Å². The molecule has 0 radical (unpaired) electrons. The van der Waals surface area contributed by atoms with Crippen LogP contribution in [-0.2, 0) is 4.79 Å². The van der Waals surface area contributed by atoms with Crippen LogP contribution in [0.15, 0.2) is 0 Å². The van der Waals surface area contributed by atoms with E-state index in [9.17, 15) is 4.79 Å². The van der Waals surface area contributed by atoms with Gasteiger partial charge in [0.1, 0.15) is 0 Å². The van der Waals surface area contributed by atoms with Gasteiger partial charge < -0.3 is 10.2 Å². The van der Waals surface area contributed by atoms with E-state index in [1.54, 1.807) is 0 Å². The Morgan fingerprint density at radius 2 is 1.74 bits per heavy atom. The first-order valence-electron chi connectivity index (χ1n) is 8.25. The summed E-state index contributed by atoms with van der Waals surface area (Å²) in [6.07, 6.45) is 11.1. The van der Waals surface area contributed by atoms with Crippen molar-refractivity contribution in [3.8, 4) is 0 Å². The van der Waals surface area contributed by atoms with Gasteiger partial charge in [-0.15, -0.1) is 0 Å². The van der Waals surface area contributed by atoms with Crippen molar-refractivity contribution in [2.24, 2.45) is 0 Å². The molecule has 112 valence electrons. The fourth-order valence-electron chi connectivity index (χ4n) is 2.73. The van der Waals surface area contributed by atoms with Crippen LogP contribution in [0.4, 0.5) is 0 Å². The highest BCUT2D eigenvalue weighted by Crippen LogP contribution is 2.11. The van der Waals surface area contributed by atoms with Crippen molar-refractivity contribution in [1.82, 2.24) is 10.2 Å². The van der Waals surface area contributed by atoms with Crippen molar-refractivity contribution >= 4 is 5.91 Å². The van der Waals surface area contributed by atoms with E-state index in [1.807, 2.05) is 4.90 Å². The average molecular weight is 268 g/mol. The third-order valence-electron chi connectivity index (χ3n) is 3.97. The molecule has 0 aromatic rings. The summed E-state index contributed by atoms with van der Waals surface area (Å²) in [6, 6.07) is 0.455. The molecule has 1 rings (SSSR count). The highest BCUT2D eigenvalue weighted by atomic mass is 16.2. The lowest BCUT2D eigenvalue weighted by Crippen LogP contribution is -2.51. The quantitative estimate of drug-likeness (QED) is 0.651. The number of rotatable bonds is 9. The number of carbonyl (C=O) groups excluding carboxylic acids is 1. The molecule has 1 amide bonds. The van der Waals surface area contributed by atoms with Crippen LogP contribution >= 0.6 is 0 Å². The maximum atomic E-state index is 12.0. The largest absolute Gasteiger partial charge is 0.340 e. The van der Waals surface area contributed by atoms with Crippen molar-refractivity contribution in [3.63, 3.8) is 0 Å². The number of piperazine rings is 1. The Morgan fingerprint density at radius 1 is 1.11 bits per heavy atom. The fraction of sp³-hybridized carbons (Fsp3) is 0.938. The van der Waals surface area contributed by atoms with Crippen LogP contribution in [-0.4, -0.2) is 36.5 Å². The second kappa shape index (κ2) is 10.2. The zero-order valence-electron chi connectivity index (χ0n) is 12.9. The van der Waals surface area contributed by atoms with Crippen LogP contribution in [0.25, 0.3) is 0 Å². The minimum absolute atomic E-state index is 0.360. The van der Waals surface area contributed by atoms with E-state index < -0.39 is 0 Å². The third-order valence-corrected chi connectivity index (χ3v) is 3.97. The normalized spacial score (nSPS) is 19.7. The van der Waals surface area contributed by atoms with E-state index in [0.717, 1.165) is 32.5 Å². The summed E-state index contributed by atoms with van der Waals surface area (Å²) < 4.78 is 0. The monoisotopic (exact) mass is 268 g/mol. The molecule has 1 unspecified atom stereocenters. The van der Waals surface area contributed by atoms with E-state index in [2.05, 4.69) is 19.2 Å². The number of unbranched alkanes of at least 4 members (excludes halogenated alkanes) is 7. The topological polar surface area (TPSA) is 32.3 Å². The van der Waals surface area contributed by atoms with Gasteiger partial charge >= 0.3 is 0 Å². The fourth-order valence-corrected chi connectivity index (χ4v) is 2.73. The summed E-state index contributed by atoms with van der Waals surface area (Å²) in [6.45, 7) is 7.12. The maximum Gasteiger partial charge on any atom is 0.222 e. The summed E-state index contributed by atoms with van der Waals surface area (Å²) >= 11 is 0. The van der Waals surface area contributed by atoms with Gasteiger partial charge in [0.25, 0.3) is 0 Å². The first-order valence-corrected chi connectivity index (χ1v) is 8.25. The molecule has 19 heavy (non-hydrogen) atoms. The van der Waals surface area contributed by atoms with E-state index in [0.29, 0.717) is 11.9 Å². The van der Waals surface area contributed by atoms with Crippen molar-refractivity contribution in [3.05, 3.63) is 0 Å². The van der Waals surface area contributed by atoms with Crippen LogP contribution in [0.3, 0.4) is 0 Å². The lowest BCUT2D eigenvalue weighted by atomic mass is 10.1. The van der Waals surface area contributed by atoms with Gasteiger partial charge in [-0.3, -0.25) is 4.79 Å². The summed E-state index contributed by atoms with van der Waals surface area (Å²) in [4.78, 5) is 14.0. The molecule has 0 saturated carbocycles. The lowest BCUT2D eigenvalue weighted by molar-refractivity contribution is -0.132. The first-order chi connectivity index (χ1) is 9.24. The van der Waals surface area contributed by atoms with Gasteiger partial charge in [0.2, 0.25) is 5.91 Å². The van der Waals surface area contributed by atoms with Gasteiger partial charge in [-0.1, -0.05) is 51.9 Å². The standard InChI is InChI=1S/C16H32N2O/c1-3-4-5-6-7-8-9-10-11-16(19)18-13-12-17-15(2)14-18/h15,17H,3-14H2,1-2H3. The van der Waals surface area contributed by atoms with Gasteiger partial charge in [0.05, 0.1) is 0 Å². The molecule has 0 spiro atoms. The van der Waals surface area contributed by atoms with Crippen molar-refractivity contribution in [2.45, 2.75) is 77.7 Å². The molecule has 1 heterocycles. The molecule has 3 nitrogen and oxygen atoms in total. The molecule has 1 saturated heterocycles. The number of hydrogen-bond acceptors (Lipinski definition) is 2. The smallest absolute Gasteiger partial charge is 0.222 e. The molecule has 1 atom stereocenters. The van der Waals surface area contributed by atoms with Crippen molar-refractivity contribution in [1.29, 1.82) is 0 Å². The number of nitrogens with zero attached hydrogens (tertiary/aromatic N) is 1. The Kier molecular flexibility index (Phi) is 8.89. The Bertz CT molecular complexity index is 243. The van der Waals surface area contributed by atoms with Gasteiger partial charge in [0, 0.05) is 32.1 Å². The van der Waals surface area contributed by atoms with Gasteiger partial charge in [-0.05, 0) is 13.3 Å². The van der Waals surface area contributed by atoms with E-state index in [-0.39, 0.29) is 0 Å². The highest BCUT2D eigenvalue weighted by Gasteiger charge is 2.19. The molecule has 0 aromatic heterocycles. The summed E-state index contributed by atoms with van der Waals surface area (Å²) in [5.41, 5.74) is 0. The maximum absolute atomic E-state index is 12.0. The Morgan fingerprint density at radius 3 is 2.37 bits per heavy atom. The van der Waals surface area contributed by atoms with Gasteiger partial charge in [-0.2, -0.15) is 0 Å². The van der Waals surface area contributed by atoms with Crippen LogP contribution in [0.5, 0.6) is 0 Å². The number of nitrogens with one attached hydrogen (secondary N) is 1. The predicted molar refractivity (Wildman–Crippen MR) is 81.3 cm³/mol. The molecule has 1 N–H and O–H groups in total. The van der Waals surface area contributed by atoms with Crippen LogP contribution in [0.1, 0.15) is 71.6 Å². The lowest BCUT2D eigenvalue weighted by Gasteiger charge is -2.32. The Hall–Kier alpha value is -0.570. The van der Waals surface area contributed by atoms with Crippen LogP contribution in [0.2, 0.25) is 0 Å². The molecule has 0 aromatic carbocycles. The Balaban J connectivity index is 1.95. The van der Waals surface area contributed by atoms with Crippen molar-refractivity contribution < 1.29 is 4.79 Å². The highest BCUT2D eigenvalue weighted by molar-refractivity contribution is 5.76. The third kappa shape index (κ3) is 7.56. The number of carbonyl (C=O) groups is 1. The second-order valence-corrected chi connectivity index (χ2v) is 5.92. The molecule has 1 aliphatic rings. The van der Waals surface area contributed by atoms with E-state index >= 15 is 0 Å².